The number of hydrogen-bond donors (Lipinski definition) is 3. The molecule has 0 aliphatic heterocycles. The van der Waals surface area contributed by atoms with Gasteiger partial charge in [0.2, 0.25) is 5.95 Å². The van der Waals surface area contributed by atoms with Crippen molar-refractivity contribution in [2.75, 3.05) is 11.5 Å². The first kappa shape index (κ1) is 12.7. The Morgan fingerprint density at radius 1 is 1.37 bits per heavy atom. The first-order valence-electron chi connectivity index (χ1n) is 5.52. The van der Waals surface area contributed by atoms with Gasteiger partial charge in [-0.25, -0.2) is 4.98 Å². The van der Waals surface area contributed by atoms with E-state index in [-0.39, 0.29) is 18.2 Å². The largest absolute Gasteiger partial charge is 0.481 e. The van der Waals surface area contributed by atoms with Crippen molar-refractivity contribution in [3.63, 3.8) is 0 Å². The Bertz CT molecular complexity index is 578. The topological polar surface area (TPSA) is 132 Å². The van der Waals surface area contributed by atoms with Gasteiger partial charge in [-0.05, 0) is 5.10 Å². The SMILES string of the molecule is Nc1cc(-c2cc[n+](CCC(=O)O)nc2)nc(N)n1. The van der Waals surface area contributed by atoms with Crippen LogP contribution in [-0.4, -0.2) is 26.1 Å². The standard InChI is InChI=1S/C11H12N6O2/c12-9-5-8(15-11(13)16-9)7-1-3-17(14-6-7)4-2-10(18)19/h1,3,5-6H,2,4H2,(H4-,12,13,15,16,18,19)/p+1. The lowest BCUT2D eigenvalue weighted by Gasteiger charge is -2.01. The lowest BCUT2D eigenvalue weighted by atomic mass is 10.2. The fourth-order valence-corrected chi connectivity index (χ4v) is 1.51. The van der Waals surface area contributed by atoms with Crippen molar-refractivity contribution < 1.29 is 14.6 Å². The summed E-state index contributed by atoms with van der Waals surface area (Å²) in [6, 6.07) is 3.35. The van der Waals surface area contributed by atoms with E-state index in [2.05, 4.69) is 15.1 Å². The maximum atomic E-state index is 10.5. The Morgan fingerprint density at radius 2 is 2.16 bits per heavy atom. The molecule has 0 aliphatic carbocycles. The van der Waals surface area contributed by atoms with E-state index >= 15 is 0 Å². The summed E-state index contributed by atoms with van der Waals surface area (Å²) in [6.07, 6.45) is 3.26. The molecule has 0 saturated heterocycles. The molecule has 2 heterocycles. The molecule has 5 N–H and O–H groups in total. The third kappa shape index (κ3) is 3.35. The molecule has 0 aromatic carbocycles. The maximum absolute atomic E-state index is 10.5. The van der Waals surface area contributed by atoms with Crippen LogP contribution in [0.2, 0.25) is 0 Å². The minimum atomic E-state index is -0.866. The van der Waals surface area contributed by atoms with Gasteiger partial charge in [0.25, 0.3) is 0 Å². The molecule has 0 aliphatic rings. The fourth-order valence-electron chi connectivity index (χ4n) is 1.51. The van der Waals surface area contributed by atoms with Gasteiger partial charge in [0, 0.05) is 17.7 Å². The van der Waals surface area contributed by atoms with Gasteiger partial charge in [-0.2, -0.15) is 4.98 Å². The summed E-state index contributed by atoms with van der Waals surface area (Å²) in [6.45, 7) is 0.309. The van der Waals surface area contributed by atoms with E-state index in [0.29, 0.717) is 12.2 Å². The summed E-state index contributed by atoms with van der Waals surface area (Å²) in [5.41, 5.74) is 12.4. The molecule has 0 atom stereocenters. The lowest BCUT2D eigenvalue weighted by molar-refractivity contribution is -0.752. The number of anilines is 2. The van der Waals surface area contributed by atoms with Crippen molar-refractivity contribution in [3.8, 4) is 11.3 Å². The summed E-state index contributed by atoms with van der Waals surface area (Å²) in [5.74, 6) is -0.488. The Hall–Kier alpha value is -2.77. The van der Waals surface area contributed by atoms with Crippen LogP contribution in [0.25, 0.3) is 11.3 Å². The second-order valence-electron chi connectivity index (χ2n) is 3.86. The summed E-state index contributed by atoms with van der Waals surface area (Å²) in [4.78, 5) is 18.3. The van der Waals surface area contributed by atoms with Gasteiger partial charge in [-0.3, -0.25) is 4.79 Å². The number of aryl methyl sites for hydroxylation is 1. The van der Waals surface area contributed by atoms with Crippen LogP contribution in [0.5, 0.6) is 0 Å². The highest BCUT2D eigenvalue weighted by Gasteiger charge is 2.09. The second-order valence-corrected chi connectivity index (χ2v) is 3.86. The molecule has 19 heavy (non-hydrogen) atoms. The molecule has 0 saturated carbocycles. The van der Waals surface area contributed by atoms with Gasteiger partial charge in [0.1, 0.15) is 18.4 Å². The van der Waals surface area contributed by atoms with Gasteiger partial charge >= 0.3 is 5.97 Å². The van der Waals surface area contributed by atoms with Crippen LogP contribution in [0.3, 0.4) is 0 Å². The predicted octanol–water partition coefficient (Wildman–Crippen LogP) is -0.535. The number of carboxylic acid groups (broad SMARTS) is 1. The summed E-state index contributed by atoms with van der Waals surface area (Å²) in [7, 11) is 0. The summed E-state index contributed by atoms with van der Waals surface area (Å²) >= 11 is 0. The zero-order valence-electron chi connectivity index (χ0n) is 10.0. The summed E-state index contributed by atoms with van der Waals surface area (Å²) < 4.78 is 1.53. The smallest absolute Gasteiger partial charge is 0.309 e. The third-order valence-corrected chi connectivity index (χ3v) is 2.39. The predicted molar refractivity (Wildman–Crippen MR) is 66.5 cm³/mol. The minimum absolute atomic E-state index is 0.0183. The highest BCUT2D eigenvalue weighted by atomic mass is 16.4. The van der Waals surface area contributed by atoms with Crippen LogP contribution in [0.15, 0.2) is 24.5 Å². The number of aliphatic carboxylic acids is 1. The lowest BCUT2D eigenvalue weighted by Crippen LogP contribution is -2.38. The number of aromatic nitrogens is 4. The van der Waals surface area contributed by atoms with Crippen molar-refractivity contribution in [1.29, 1.82) is 0 Å². The molecule has 8 nitrogen and oxygen atoms in total. The van der Waals surface area contributed by atoms with Crippen molar-refractivity contribution in [2.45, 2.75) is 13.0 Å². The Kier molecular flexibility index (Phi) is 3.51. The van der Waals surface area contributed by atoms with Crippen LogP contribution >= 0.6 is 0 Å². The molecule has 0 radical (unpaired) electrons. The molecular weight excluding hydrogens is 248 g/mol. The Morgan fingerprint density at radius 3 is 2.74 bits per heavy atom. The first-order chi connectivity index (χ1) is 9.04. The average molecular weight is 261 g/mol. The van der Waals surface area contributed by atoms with Crippen LogP contribution in [-0.2, 0) is 11.3 Å². The van der Waals surface area contributed by atoms with Gasteiger partial charge in [-0.1, -0.05) is 4.68 Å². The van der Waals surface area contributed by atoms with Gasteiger partial charge in [-0.15, -0.1) is 0 Å². The Balaban J connectivity index is 2.19. The van der Waals surface area contributed by atoms with Crippen molar-refractivity contribution in [3.05, 3.63) is 24.5 Å². The van der Waals surface area contributed by atoms with Crippen LogP contribution in [0.4, 0.5) is 11.8 Å². The Labute approximate surface area is 108 Å². The molecule has 2 aromatic heterocycles. The zero-order chi connectivity index (χ0) is 13.8. The molecule has 0 amide bonds. The van der Waals surface area contributed by atoms with Crippen LogP contribution in [0, 0.1) is 0 Å². The number of carbonyl (C=O) groups is 1. The summed E-state index contributed by atoms with van der Waals surface area (Å²) in [5, 5.41) is 12.7. The maximum Gasteiger partial charge on any atom is 0.309 e. The monoisotopic (exact) mass is 261 g/mol. The molecular formula is C11H13N6O2+. The normalized spacial score (nSPS) is 10.3. The number of nitrogens with zero attached hydrogens (tertiary/aromatic N) is 4. The van der Waals surface area contributed by atoms with E-state index in [1.807, 2.05) is 0 Å². The highest BCUT2D eigenvalue weighted by Crippen LogP contribution is 2.17. The molecule has 8 heteroatoms. The third-order valence-electron chi connectivity index (χ3n) is 2.39. The van der Waals surface area contributed by atoms with Gasteiger partial charge in [0.05, 0.1) is 5.69 Å². The molecule has 2 aromatic rings. The number of nitrogen functional groups attached to an aromatic ring is 2. The molecule has 0 spiro atoms. The van der Waals surface area contributed by atoms with Crippen LogP contribution < -0.4 is 16.1 Å². The van der Waals surface area contributed by atoms with E-state index in [9.17, 15) is 4.79 Å². The molecule has 0 unspecified atom stereocenters. The average Bonchev–Trinajstić information content (AvgIpc) is 2.36. The van der Waals surface area contributed by atoms with E-state index < -0.39 is 5.97 Å². The number of hydrogen-bond acceptors (Lipinski definition) is 6. The van der Waals surface area contributed by atoms with Gasteiger partial charge in [0.15, 0.2) is 12.7 Å². The van der Waals surface area contributed by atoms with Crippen LogP contribution in [0.1, 0.15) is 6.42 Å². The van der Waals surface area contributed by atoms with Crippen molar-refractivity contribution >= 4 is 17.7 Å². The molecule has 0 fully saturated rings. The zero-order valence-corrected chi connectivity index (χ0v) is 10.0. The number of rotatable bonds is 4. The van der Waals surface area contributed by atoms with E-state index in [4.69, 9.17) is 16.6 Å². The molecule has 98 valence electrons. The highest BCUT2D eigenvalue weighted by molar-refractivity contribution is 5.66. The van der Waals surface area contributed by atoms with Crippen molar-refractivity contribution in [1.82, 2.24) is 15.1 Å². The quantitative estimate of drug-likeness (QED) is 0.630. The van der Waals surface area contributed by atoms with Gasteiger partial charge < -0.3 is 16.6 Å². The number of nitrogens with two attached hydrogens (primary N) is 2. The molecule has 2 rings (SSSR count). The van der Waals surface area contributed by atoms with E-state index in [1.165, 1.54) is 4.68 Å². The minimum Gasteiger partial charge on any atom is -0.481 e. The number of carboxylic acids is 1. The van der Waals surface area contributed by atoms with E-state index in [1.54, 1.807) is 24.5 Å². The molecule has 0 bridgehead atoms. The van der Waals surface area contributed by atoms with Crippen molar-refractivity contribution in [2.24, 2.45) is 0 Å². The second kappa shape index (κ2) is 5.25. The van der Waals surface area contributed by atoms with E-state index in [0.717, 1.165) is 5.56 Å². The fraction of sp³-hybridized carbons (Fsp3) is 0.182. The first-order valence-corrected chi connectivity index (χ1v) is 5.52.